The number of carbonyl (C=O) groups is 1. The molecule has 0 heterocycles. The summed E-state index contributed by atoms with van der Waals surface area (Å²) in [6, 6.07) is 0. The Morgan fingerprint density at radius 2 is 2.15 bits per heavy atom. The molecular weight excluding hydrogens is 166 g/mol. The van der Waals surface area contributed by atoms with Crippen LogP contribution in [0.3, 0.4) is 0 Å². The van der Waals surface area contributed by atoms with Crippen LogP contribution in [0.25, 0.3) is 0 Å². The van der Waals surface area contributed by atoms with Crippen LogP contribution in [0.2, 0.25) is 0 Å². The van der Waals surface area contributed by atoms with Gasteiger partial charge >= 0.3 is 5.97 Å². The Morgan fingerprint density at radius 3 is 2.62 bits per heavy atom. The third-order valence-corrected chi connectivity index (χ3v) is 1.83. The molecule has 0 fully saturated rings. The van der Waals surface area contributed by atoms with E-state index in [2.05, 4.69) is 23.5 Å². The highest BCUT2D eigenvalue weighted by atomic mass is 16.5. The summed E-state index contributed by atoms with van der Waals surface area (Å²) in [6.45, 7) is 6.14. The zero-order chi connectivity index (χ0) is 10.1. The average molecular weight is 185 g/mol. The monoisotopic (exact) mass is 185 g/mol. The van der Waals surface area contributed by atoms with Crippen molar-refractivity contribution in [1.82, 2.24) is 4.90 Å². The van der Waals surface area contributed by atoms with Gasteiger partial charge in [-0.2, -0.15) is 0 Å². The lowest BCUT2D eigenvalue weighted by molar-refractivity contribution is -0.134. The van der Waals surface area contributed by atoms with Gasteiger partial charge in [0.05, 0.1) is 7.11 Å². The molecule has 0 amide bonds. The number of unbranched alkanes of at least 4 members (excludes halogenated alkanes) is 1. The maximum absolute atomic E-state index is 10.8. The highest BCUT2D eigenvalue weighted by Crippen LogP contribution is 1.95. The number of rotatable bonds is 6. The van der Waals surface area contributed by atoms with Crippen LogP contribution in [0, 0.1) is 0 Å². The van der Waals surface area contributed by atoms with Crippen LogP contribution >= 0.6 is 0 Å². The zero-order valence-corrected chi connectivity index (χ0v) is 8.75. The normalized spacial score (nSPS) is 10.4. The number of nitrogens with zero attached hydrogens (tertiary/aromatic N) is 1. The van der Waals surface area contributed by atoms with Gasteiger partial charge in [0.15, 0.2) is 0 Å². The first-order valence-corrected chi connectivity index (χ1v) is 4.74. The molecule has 0 spiro atoms. The molecule has 0 aliphatic rings. The molecule has 0 unspecified atom stereocenters. The summed E-state index contributed by atoms with van der Waals surface area (Å²) in [4.78, 5) is 12.9. The Balaban J connectivity index is 3.81. The van der Waals surface area contributed by atoms with Crippen LogP contribution in [0.4, 0.5) is 0 Å². The number of ether oxygens (including phenoxy) is 1. The van der Waals surface area contributed by atoms with Crippen molar-refractivity contribution in [2.24, 2.45) is 0 Å². The SMILES string of the molecule is CCCCN(C=CC(=O)OC)CC. The fourth-order valence-corrected chi connectivity index (χ4v) is 0.934. The Bertz CT molecular complexity index is 166. The predicted octanol–water partition coefficient (Wildman–Crippen LogP) is 1.80. The smallest absolute Gasteiger partial charge is 0.331 e. The molecular formula is C10H19NO2. The molecule has 3 heteroatoms. The minimum atomic E-state index is -0.296. The van der Waals surface area contributed by atoms with Gasteiger partial charge in [-0.15, -0.1) is 0 Å². The van der Waals surface area contributed by atoms with E-state index >= 15 is 0 Å². The molecule has 0 aromatic carbocycles. The lowest BCUT2D eigenvalue weighted by Crippen LogP contribution is -2.18. The Labute approximate surface area is 80.4 Å². The third kappa shape index (κ3) is 6.20. The summed E-state index contributed by atoms with van der Waals surface area (Å²) in [7, 11) is 1.38. The van der Waals surface area contributed by atoms with Gasteiger partial charge in [0.1, 0.15) is 0 Å². The van der Waals surface area contributed by atoms with Gasteiger partial charge in [-0.25, -0.2) is 4.79 Å². The number of esters is 1. The first-order chi connectivity index (χ1) is 6.24. The molecule has 0 aliphatic carbocycles. The molecule has 0 aliphatic heterocycles. The molecule has 76 valence electrons. The summed E-state index contributed by atoms with van der Waals surface area (Å²) >= 11 is 0. The van der Waals surface area contributed by atoms with E-state index in [-0.39, 0.29) is 5.97 Å². The Morgan fingerprint density at radius 1 is 1.46 bits per heavy atom. The van der Waals surface area contributed by atoms with E-state index < -0.39 is 0 Å². The van der Waals surface area contributed by atoms with E-state index in [0.29, 0.717) is 0 Å². The van der Waals surface area contributed by atoms with Crippen molar-refractivity contribution in [3.05, 3.63) is 12.3 Å². The first-order valence-electron chi connectivity index (χ1n) is 4.74. The number of methoxy groups -OCH3 is 1. The van der Waals surface area contributed by atoms with Crippen molar-refractivity contribution in [2.75, 3.05) is 20.2 Å². The van der Waals surface area contributed by atoms with E-state index in [9.17, 15) is 4.79 Å². The number of hydrogen-bond donors (Lipinski definition) is 0. The van der Waals surface area contributed by atoms with Crippen molar-refractivity contribution in [1.29, 1.82) is 0 Å². The van der Waals surface area contributed by atoms with Gasteiger partial charge in [-0.1, -0.05) is 13.3 Å². The van der Waals surface area contributed by atoms with Gasteiger partial charge in [0.25, 0.3) is 0 Å². The van der Waals surface area contributed by atoms with E-state index in [1.165, 1.54) is 19.6 Å². The minimum absolute atomic E-state index is 0.296. The first kappa shape index (κ1) is 12.0. The molecule has 0 saturated carbocycles. The van der Waals surface area contributed by atoms with Crippen molar-refractivity contribution >= 4 is 5.97 Å². The van der Waals surface area contributed by atoms with Gasteiger partial charge in [-0.3, -0.25) is 0 Å². The summed E-state index contributed by atoms with van der Waals surface area (Å²) in [5, 5.41) is 0. The molecule has 3 nitrogen and oxygen atoms in total. The highest BCUT2D eigenvalue weighted by Gasteiger charge is 1.96. The molecule has 0 aromatic rings. The van der Waals surface area contributed by atoms with Crippen LogP contribution in [0.1, 0.15) is 26.7 Å². The van der Waals surface area contributed by atoms with Gasteiger partial charge in [0.2, 0.25) is 0 Å². The average Bonchev–Trinajstić information content (AvgIpc) is 2.17. The van der Waals surface area contributed by atoms with Crippen molar-refractivity contribution < 1.29 is 9.53 Å². The van der Waals surface area contributed by atoms with Crippen LogP contribution < -0.4 is 0 Å². The van der Waals surface area contributed by atoms with Gasteiger partial charge < -0.3 is 9.64 Å². The van der Waals surface area contributed by atoms with E-state index in [0.717, 1.165) is 19.5 Å². The summed E-state index contributed by atoms with van der Waals surface area (Å²) in [5.74, 6) is -0.296. The van der Waals surface area contributed by atoms with Crippen LogP contribution in [0.15, 0.2) is 12.3 Å². The topological polar surface area (TPSA) is 29.5 Å². The lowest BCUT2D eigenvalue weighted by Gasteiger charge is -2.16. The molecule has 0 saturated heterocycles. The minimum Gasteiger partial charge on any atom is -0.466 e. The second-order valence-electron chi connectivity index (χ2n) is 2.82. The van der Waals surface area contributed by atoms with Gasteiger partial charge in [0, 0.05) is 25.4 Å². The molecule has 0 rings (SSSR count). The Hall–Kier alpha value is -0.990. The molecule has 0 atom stereocenters. The maximum Gasteiger partial charge on any atom is 0.331 e. The van der Waals surface area contributed by atoms with Crippen molar-refractivity contribution in [3.63, 3.8) is 0 Å². The fourth-order valence-electron chi connectivity index (χ4n) is 0.934. The maximum atomic E-state index is 10.8. The largest absolute Gasteiger partial charge is 0.466 e. The molecule has 13 heavy (non-hydrogen) atoms. The lowest BCUT2D eigenvalue weighted by atomic mass is 10.3. The predicted molar refractivity (Wildman–Crippen MR) is 53.3 cm³/mol. The second-order valence-corrected chi connectivity index (χ2v) is 2.82. The van der Waals surface area contributed by atoms with Gasteiger partial charge in [-0.05, 0) is 13.3 Å². The Kier molecular flexibility index (Phi) is 7.07. The fraction of sp³-hybridized carbons (Fsp3) is 0.700. The molecule has 0 bridgehead atoms. The standard InChI is InChI=1S/C10H19NO2/c1-4-6-8-11(5-2)9-7-10(12)13-3/h7,9H,4-6,8H2,1-3H3. The van der Waals surface area contributed by atoms with Crippen molar-refractivity contribution in [2.45, 2.75) is 26.7 Å². The van der Waals surface area contributed by atoms with E-state index in [4.69, 9.17) is 0 Å². The molecule has 0 N–H and O–H groups in total. The molecule has 0 aromatic heterocycles. The third-order valence-electron chi connectivity index (χ3n) is 1.83. The van der Waals surface area contributed by atoms with Crippen LogP contribution in [0.5, 0.6) is 0 Å². The van der Waals surface area contributed by atoms with Crippen molar-refractivity contribution in [3.8, 4) is 0 Å². The molecule has 0 radical (unpaired) electrons. The van der Waals surface area contributed by atoms with E-state index in [1.807, 2.05) is 0 Å². The number of hydrogen-bond acceptors (Lipinski definition) is 3. The van der Waals surface area contributed by atoms with Crippen LogP contribution in [-0.2, 0) is 9.53 Å². The second kappa shape index (κ2) is 7.65. The van der Waals surface area contributed by atoms with Crippen LogP contribution in [-0.4, -0.2) is 31.1 Å². The van der Waals surface area contributed by atoms with E-state index in [1.54, 1.807) is 6.20 Å². The quantitative estimate of drug-likeness (QED) is 0.467. The summed E-state index contributed by atoms with van der Waals surface area (Å²) < 4.78 is 4.50. The highest BCUT2D eigenvalue weighted by molar-refractivity contribution is 5.81. The number of carbonyl (C=O) groups excluding carboxylic acids is 1. The summed E-state index contributed by atoms with van der Waals surface area (Å²) in [6.07, 6.45) is 5.57. The zero-order valence-electron chi connectivity index (χ0n) is 8.75. The summed E-state index contributed by atoms with van der Waals surface area (Å²) in [5.41, 5.74) is 0.